The first-order valence-corrected chi connectivity index (χ1v) is 7.18. The maximum absolute atomic E-state index is 12.7. The summed E-state index contributed by atoms with van der Waals surface area (Å²) in [5.41, 5.74) is -0.239. The standard InChI is InChI=1S/C11H12F2N2O4S/c12-11(13)4-6(5-11)15-9-2-1-7(20(14,18)19)3-8(9)10(16)17/h1-3,6,15H,4-5H2,(H,16,17)(H2,14,18,19). The number of anilines is 1. The first-order chi connectivity index (χ1) is 9.08. The van der Waals surface area contributed by atoms with Crippen LogP contribution in [0.5, 0.6) is 0 Å². The molecule has 110 valence electrons. The summed E-state index contributed by atoms with van der Waals surface area (Å²) in [5, 5.41) is 16.6. The number of primary sulfonamides is 1. The molecule has 0 aliphatic heterocycles. The molecule has 0 aromatic heterocycles. The zero-order chi connectivity index (χ0) is 15.1. The van der Waals surface area contributed by atoms with Crippen LogP contribution in [0.25, 0.3) is 0 Å². The highest BCUT2D eigenvalue weighted by Crippen LogP contribution is 2.39. The molecule has 1 fully saturated rings. The molecule has 0 unspecified atom stereocenters. The second-order valence-electron chi connectivity index (χ2n) is 4.66. The third-order valence-electron chi connectivity index (χ3n) is 3.00. The summed E-state index contributed by atoms with van der Waals surface area (Å²) in [6.07, 6.45) is -0.772. The molecule has 0 amide bonds. The monoisotopic (exact) mass is 306 g/mol. The zero-order valence-corrected chi connectivity index (χ0v) is 11.0. The second-order valence-corrected chi connectivity index (χ2v) is 6.22. The molecule has 20 heavy (non-hydrogen) atoms. The topological polar surface area (TPSA) is 109 Å². The molecular formula is C11H12F2N2O4S. The summed E-state index contributed by atoms with van der Waals surface area (Å²) in [4.78, 5) is 10.7. The van der Waals surface area contributed by atoms with Crippen molar-refractivity contribution in [3.05, 3.63) is 23.8 Å². The molecule has 2 rings (SSSR count). The van der Waals surface area contributed by atoms with Crippen molar-refractivity contribution in [2.24, 2.45) is 5.14 Å². The summed E-state index contributed by atoms with van der Waals surface area (Å²) in [5.74, 6) is -4.11. The quantitative estimate of drug-likeness (QED) is 0.775. The predicted octanol–water partition coefficient (Wildman–Crippen LogP) is 1.24. The fraction of sp³-hybridized carbons (Fsp3) is 0.364. The number of carboxylic acid groups (broad SMARTS) is 1. The lowest BCUT2D eigenvalue weighted by Gasteiger charge is -2.36. The van der Waals surface area contributed by atoms with Crippen molar-refractivity contribution in [3.63, 3.8) is 0 Å². The van der Waals surface area contributed by atoms with Gasteiger partial charge in [0.25, 0.3) is 5.92 Å². The average molecular weight is 306 g/mol. The largest absolute Gasteiger partial charge is 0.478 e. The number of carbonyl (C=O) groups is 1. The van der Waals surface area contributed by atoms with Crippen molar-refractivity contribution in [1.29, 1.82) is 0 Å². The van der Waals surface area contributed by atoms with E-state index < -0.39 is 28.0 Å². The lowest BCUT2D eigenvalue weighted by Crippen LogP contribution is -2.44. The highest BCUT2D eigenvalue weighted by molar-refractivity contribution is 7.89. The first kappa shape index (κ1) is 14.7. The van der Waals surface area contributed by atoms with Crippen LogP contribution in [0.3, 0.4) is 0 Å². The Labute approximate surface area is 113 Å². The normalized spacial score (nSPS) is 18.4. The SMILES string of the molecule is NS(=O)(=O)c1ccc(NC2CC(F)(F)C2)c(C(=O)O)c1. The van der Waals surface area contributed by atoms with Crippen molar-refractivity contribution < 1.29 is 27.1 Å². The van der Waals surface area contributed by atoms with Crippen molar-refractivity contribution in [3.8, 4) is 0 Å². The number of alkyl halides is 2. The van der Waals surface area contributed by atoms with Gasteiger partial charge in [-0.1, -0.05) is 0 Å². The lowest BCUT2D eigenvalue weighted by molar-refractivity contribution is -0.0793. The Morgan fingerprint density at radius 1 is 1.40 bits per heavy atom. The number of nitrogens with two attached hydrogens (primary N) is 1. The van der Waals surface area contributed by atoms with Gasteiger partial charge in [0.15, 0.2) is 0 Å². The molecule has 0 bridgehead atoms. The van der Waals surface area contributed by atoms with E-state index >= 15 is 0 Å². The molecule has 0 spiro atoms. The fourth-order valence-electron chi connectivity index (χ4n) is 1.99. The van der Waals surface area contributed by atoms with Crippen molar-refractivity contribution in [2.45, 2.75) is 29.7 Å². The Kier molecular flexibility index (Phi) is 3.42. The molecule has 1 aliphatic carbocycles. The smallest absolute Gasteiger partial charge is 0.337 e. The summed E-state index contributed by atoms with van der Waals surface area (Å²) < 4.78 is 47.8. The predicted molar refractivity (Wildman–Crippen MR) is 66.4 cm³/mol. The van der Waals surface area contributed by atoms with E-state index in [1.54, 1.807) is 0 Å². The molecule has 0 heterocycles. The first-order valence-electron chi connectivity index (χ1n) is 5.63. The molecule has 1 aromatic rings. The summed E-state index contributed by atoms with van der Waals surface area (Å²) >= 11 is 0. The third-order valence-corrected chi connectivity index (χ3v) is 3.91. The molecule has 1 aromatic carbocycles. The van der Waals surface area contributed by atoms with Crippen LogP contribution in [0.15, 0.2) is 23.1 Å². The number of sulfonamides is 1. The van der Waals surface area contributed by atoms with Crippen LogP contribution < -0.4 is 10.5 Å². The van der Waals surface area contributed by atoms with Gasteiger partial charge in [-0.15, -0.1) is 0 Å². The van der Waals surface area contributed by atoms with Gasteiger partial charge in [-0.3, -0.25) is 0 Å². The van der Waals surface area contributed by atoms with Gasteiger partial charge in [0, 0.05) is 24.6 Å². The van der Waals surface area contributed by atoms with E-state index in [2.05, 4.69) is 5.32 Å². The van der Waals surface area contributed by atoms with E-state index in [1.807, 2.05) is 0 Å². The van der Waals surface area contributed by atoms with Crippen LogP contribution >= 0.6 is 0 Å². The molecule has 6 nitrogen and oxygen atoms in total. The number of hydrogen-bond acceptors (Lipinski definition) is 4. The molecule has 0 atom stereocenters. The Bertz CT molecular complexity index is 652. The van der Waals surface area contributed by atoms with Gasteiger partial charge in [-0.2, -0.15) is 0 Å². The molecular weight excluding hydrogens is 294 g/mol. The molecule has 0 radical (unpaired) electrons. The summed E-state index contributed by atoms with van der Waals surface area (Å²) in [6.45, 7) is 0. The average Bonchev–Trinajstić information content (AvgIpc) is 2.25. The third kappa shape index (κ3) is 3.05. The Morgan fingerprint density at radius 2 is 2.00 bits per heavy atom. The number of hydrogen-bond donors (Lipinski definition) is 3. The van der Waals surface area contributed by atoms with E-state index in [0.29, 0.717) is 0 Å². The van der Waals surface area contributed by atoms with E-state index in [4.69, 9.17) is 10.2 Å². The molecule has 9 heteroatoms. The fourth-order valence-corrected chi connectivity index (χ4v) is 2.53. The van der Waals surface area contributed by atoms with Crippen LogP contribution in [-0.4, -0.2) is 31.5 Å². The van der Waals surface area contributed by atoms with Crippen molar-refractivity contribution in [2.75, 3.05) is 5.32 Å². The summed E-state index contributed by atoms with van der Waals surface area (Å²) in [6, 6.07) is 2.70. The van der Waals surface area contributed by atoms with Crippen LogP contribution in [0.2, 0.25) is 0 Å². The maximum Gasteiger partial charge on any atom is 0.337 e. The molecule has 1 saturated carbocycles. The number of rotatable bonds is 4. The number of carboxylic acids is 1. The van der Waals surface area contributed by atoms with Gasteiger partial charge < -0.3 is 10.4 Å². The molecule has 0 saturated heterocycles. The van der Waals surface area contributed by atoms with E-state index in [9.17, 15) is 22.0 Å². The van der Waals surface area contributed by atoms with Gasteiger partial charge in [0.1, 0.15) is 0 Å². The van der Waals surface area contributed by atoms with E-state index in [-0.39, 0.29) is 29.0 Å². The maximum atomic E-state index is 12.7. The van der Waals surface area contributed by atoms with Crippen molar-refractivity contribution in [1.82, 2.24) is 0 Å². The number of aromatic carboxylic acids is 1. The Balaban J connectivity index is 2.27. The number of nitrogens with one attached hydrogen (secondary N) is 1. The lowest BCUT2D eigenvalue weighted by atomic mass is 9.88. The van der Waals surface area contributed by atoms with Gasteiger partial charge in [0.05, 0.1) is 10.5 Å². The second kappa shape index (κ2) is 4.67. The molecule has 1 aliphatic rings. The van der Waals surface area contributed by atoms with Crippen molar-refractivity contribution >= 4 is 21.7 Å². The zero-order valence-electron chi connectivity index (χ0n) is 10.1. The minimum Gasteiger partial charge on any atom is -0.478 e. The highest BCUT2D eigenvalue weighted by atomic mass is 32.2. The highest BCUT2D eigenvalue weighted by Gasteiger charge is 2.45. The minimum absolute atomic E-state index is 0.0883. The van der Waals surface area contributed by atoms with Crippen LogP contribution in [0.1, 0.15) is 23.2 Å². The molecule has 4 N–H and O–H groups in total. The Morgan fingerprint density at radius 3 is 2.45 bits per heavy atom. The number of benzene rings is 1. The van der Waals surface area contributed by atoms with E-state index in [0.717, 1.165) is 12.1 Å². The van der Waals surface area contributed by atoms with E-state index in [1.165, 1.54) is 6.07 Å². The number of halogens is 2. The van der Waals surface area contributed by atoms with Gasteiger partial charge in [0.2, 0.25) is 10.0 Å². The minimum atomic E-state index is -4.03. The van der Waals surface area contributed by atoms with Crippen LogP contribution in [0, 0.1) is 0 Å². The Hall–Kier alpha value is -1.74. The summed E-state index contributed by atoms with van der Waals surface area (Å²) in [7, 11) is -4.03. The van der Waals surface area contributed by atoms with Gasteiger partial charge in [-0.25, -0.2) is 27.1 Å². The van der Waals surface area contributed by atoms with Crippen LogP contribution in [0.4, 0.5) is 14.5 Å². The van der Waals surface area contributed by atoms with Crippen LogP contribution in [-0.2, 0) is 10.0 Å². The van der Waals surface area contributed by atoms with Gasteiger partial charge in [-0.05, 0) is 18.2 Å². The van der Waals surface area contributed by atoms with Gasteiger partial charge >= 0.3 is 5.97 Å².